The number of rotatable bonds is 4. The van der Waals surface area contributed by atoms with Crippen molar-refractivity contribution in [3.8, 4) is 0 Å². The number of hydrogen-bond donors (Lipinski definition) is 2. The van der Waals surface area contributed by atoms with Crippen molar-refractivity contribution in [2.24, 2.45) is 0 Å². The van der Waals surface area contributed by atoms with E-state index in [0.717, 1.165) is 5.56 Å². The Balaban J connectivity index is 1.64. The van der Waals surface area contributed by atoms with E-state index in [1.54, 1.807) is 23.2 Å². The number of nitrogens with zero attached hydrogens (tertiary/aromatic N) is 1. The van der Waals surface area contributed by atoms with E-state index in [-0.39, 0.29) is 11.8 Å². The molecule has 1 atom stereocenters. The number of nitrogens with one attached hydrogen (secondary N) is 2. The van der Waals surface area contributed by atoms with Gasteiger partial charge in [0.25, 0.3) is 5.91 Å². The molecule has 0 spiro atoms. The SMILES string of the molecule is O=C(N[C@@H]1CCN(Cc2ccccc2)C1=O)c1ccc[nH]c1=S. The van der Waals surface area contributed by atoms with Crippen LogP contribution in [0.5, 0.6) is 0 Å². The Morgan fingerprint density at radius 3 is 2.78 bits per heavy atom. The molecule has 0 bridgehead atoms. The summed E-state index contributed by atoms with van der Waals surface area (Å²) in [4.78, 5) is 29.3. The summed E-state index contributed by atoms with van der Waals surface area (Å²) < 4.78 is 0.372. The molecule has 1 aromatic carbocycles. The van der Waals surface area contributed by atoms with Gasteiger partial charge in [-0.05, 0) is 24.1 Å². The lowest BCUT2D eigenvalue weighted by molar-refractivity contribution is -0.129. The molecule has 3 rings (SSSR count). The van der Waals surface area contributed by atoms with Gasteiger partial charge in [0.2, 0.25) is 5.91 Å². The molecule has 1 saturated heterocycles. The Kier molecular flexibility index (Phi) is 4.52. The van der Waals surface area contributed by atoms with Crippen molar-refractivity contribution >= 4 is 24.0 Å². The predicted octanol–water partition coefficient (Wildman–Crippen LogP) is 2.28. The van der Waals surface area contributed by atoms with Crippen LogP contribution >= 0.6 is 12.2 Å². The summed E-state index contributed by atoms with van der Waals surface area (Å²) in [6.45, 7) is 1.21. The molecule has 1 aliphatic rings. The minimum absolute atomic E-state index is 0.0481. The van der Waals surface area contributed by atoms with Crippen molar-refractivity contribution < 1.29 is 9.59 Å². The molecule has 0 saturated carbocycles. The monoisotopic (exact) mass is 327 g/mol. The fourth-order valence-electron chi connectivity index (χ4n) is 2.67. The van der Waals surface area contributed by atoms with Crippen LogP contribution in [-0.2, 0) is 11.3 Å². The van der Waals surface area contributed by atoms with Gasteiger partial charge in [-0.25, -0.2) is 0 Å². The van der Waals surface area contributed by atoms with Crippen LogP contribution in [0.15, 0.2) is 48.7 Å². The Bertz CT molecular complexity index is 773. The maximum atomic E-state index is 12.4. The van der Waals surface area contributed by atoms with Crippen molar-refractivity contribution in [2.75, 3.05) is 6.54 Å². The Morgan fingerprint density at radius 1 is 1.26 bits per heavy atom. The summed E-state index contributed by atoms with van der Waals surface area (Å²) in [7, 11) is 0. The summed E-state index contributed by atoms with van der Waals surface area (Å²) in [5, 5.41) is 2.78. The van der Waals surface area contributed by atoms with E-state index in [0.29, 0.717) is 29.7 Å². The molecule has 2 aromatic rings. The van der Waals surface area contributed by atoms with E-state index in [4.69, 9.17) is 12.2 Å². The van der Waals surface area contributed by atoms with Crippen LogP contribution in [0.1, 0.15) is 22.3 Å². The smallest absolute Gasteiger partial charge is 0.254 e. The number of aromatic amines is 1. The number of H-pyrrole nitrogens is 1. The molecular formula is C17H17N3O2S. The van der Waals surface area contributed by atoms with E-state index < -0.39 is 6.04 Å². The second-order valence-electron chi connectivity index (χ2n) is 5.47. The first-order chi connectivity index (χ1) is 11.1. The van der Waals surface area contributed by atoms with Crippen LogP contribution in [-0.4, -0.2) is 34.3 Å². The van der Waals surface area contributed by atoms with Gasteiger partial charge in [0, 0.05) is 19.3 Å². The van der Waals surface area contributed by atoms with E-state index in [2.05, 4.69) is 10.3 Å². The first kappa shape index (κ1) is 15.4. The summed E-state index contributed by atoms with van der Waals surface area (Å²) in [5.41, 5.74) is 1.47. The van der Waals surface area contributed by atoms with Crippen molar-refractivity contribution in [1.82, 2.24) is 15.2 Å². The molecule has 118 valence electrons. The topological polar surface area (TPSA) is 65.2 Å². The van der Waals surface area contributed by atoms with Crippen LogP contribution in [0.2, 0.25) is 0 Å². The number of hydrogen-bond acceptors (Lipinski definition) is 3. The molecule has 0 unspecified atom stereocenters. The molecular weight excluding hydrogens is 310 g/mol. The molecule has 2 N–H and O–H groups in total. The molecule has 1 fully saturated rings. The molecule has 1 aromatic heterocycles. The van der Waals surface area contributed by atoms with Gasteiger partial charge >= 0.3 is 0 Å². The summed E-state index contributed by atoms with van der Waals surface area (Å²) in [5.74, 6) is -0.361. The van der Waals surface area contributed by atoms with Gasteiger partial charge in [0.15, 0.2) is 0 Å². The third-order valence-corrected chi connectivity index (χ3v) is 4.22. The van der Waals surface area contributed by atoms with E-state index in [9.17, 15) is 9.59 Å². The average Bonchev–Trinajstić information content (AvgIpc) is 2.89. The fourth-order valence-corrected chi connectivity index (χ4v) is 2.90. The predicted molar refractivity (Wildman–Crippen MR) is 89.4 cm³/mol. The summed E-state index contributed by atoms with van der Waals surface area (Å²) >= 11 is 5.10. The average molecular weight is 327 g/mol. The molecule has 0 radical (unpaired) electrons. The molecule has 2 heterocycles. The maximum absolute atomic E-state index is 12.4. The van der Waals surface area contributed by atoms with Crippen LogP contribution in [0.4, 0.5) is 0 Å². The number of benzene rings is 1. The van der Waals surface area contributed by atoms with Gasteiger partial charge < -0.3 is 15.2 Å². The molecule has 6 heteroatoms. The first-order valence-electron chi connectivity index (χ1n) is 7.46. The third kappa shape index (κ3) is 3.48. The highest BCUT2D eigenvalue weighted by Crippen LogP contribution is 2.15. The van der Waals surface area contributed by atoms with Gasteiger partial charge in [-0.2, -0.15) is 0 Å². The quantitative estimate of drug-likeness (QED) is 0.847. The summed E-state index contributed by atoms with van der Waals surface area (Å²) in [6, 6.07) is 12.7. The van der Waals surface area contributed by atoms with Gasteiger partial charge in [0.05, 0.1) is 5.56 Å². The van der Waals surface area contributed by atoms with Crippen LogP contribution in [0.3, 0.4) is 0 Å². The number of aromatic nitrogens is 1. The van der Waals surface area contributed by atoms with Gasteiger partial charge in [-0.1, -0.05) is 42.5 Å². The zero-order valence-electron chi connectivity index (χ0n) is 12.5. The van der Waals surface area contributed by atoms with Gasteiger partial charge in [0.1, 0.15) is 10.7 Å². The highest BCUT2D eigenvalue weighted by atomic mass is 32.1. The second kappa shape index (κ2) is 6.75. The molecule has 1 aliphatic heterocycles. The van der Waals surface area contributed by atoms with Crippen LogP contribution in [0, 0.1) is 4.64 Å². The number of likely N-dealkylation sites (tertiary alicyclic amines) is 1. The van der Waals surface area contributed by atoms with Gasteiger partial charge in [-0.15, -0.1) is 0 Å². The van der Waals surface area contributed by atoms with Crippen LogP contribution in [0.25, 0.3) is 0 Å². The maximum Gasteiger partial charge on any atom is 0.254 e. The van der Waals surface area contributed by atoms with Crippen molar-refractivity contribution in [1.29, 1.82) is 0 Å². The number of amides is 2. The molecule has 23 heavy (non-hydrogen) atoms. The number of carbonyl (C=O) groups excluding carboxylic acids is 2. The lowest BCUT2D eigenvalue weighted by Gasteiger charge is -2.17. The highest BCUT2D eigenvalue weighted by molar-refractivity contribution is 7.71. The van der Waals surface area contributed by atoms with Crippen molar-refractivity contribution in [3.63, 3.8) is 0 Å². The third-order valence-electron chi connectivity index (χ3n) is 3.88. The van der Waals surface area contributed by atoms with Crippen LogP contribution < -0.4 is 5.32 Å². The number of pyridine rings is 1. The van der Waals surface area contributed by atoms with Crippen molar-refractivity contribution in [3.05, 3.63) is 64.4 Å². The standard InChI is InChI=1S/C17H17N3O2S/c21-15(13-7-4-9-18-16(13)23)19-14-8-10-20(17(14)22)11-12-5-2-1-3-6-12/h1-7,9,14H,8,10-11H2,(H,18,23)(H,19,21)/t14-/m1/s1. The first-order valence-corrected chi connectivity index (χ1v) is 7.87. The molecule has 0 aliphatic carbocycles. The Morgan fingerprint density at radius 2 is 2.04 bits per heavy atom. The zero-order chi connectivity index (χ0) is 16.2. The Labute approximate surface area is 139 Å². The van der Waals surface area contributed by atoms with E-state index in [1.165, 1.54) is 0 Å². The zero-order valence-corrected chi connectivity index (χ0v) is 13.3. The molecule has 2 amide bonds. The summed E-state index contributed by atoms with van der Waals surface area (Å²) in [6.07, 6.45) is 2.28. The minimum atomic E-state index is -0.485. The fraction of sp³-hybridized carbons (Fsp3) is 0.235. The second-order valence-corrected chi connectivity index (χ2v) is 5.88. The normalized spacial score (nSPS) is 17.3. The number of carbonyl (C=O) groups is 2. The van der Waals surface area contributed by atoms with Gasteiger partial charge in [-0.3, -0.25) is 9.59 Å². The highest BCUT2D eigenvalue weighted by Gasteiger charge is 2.32. The lowest BCUT2D eigenvalue weighted by Crippen LogP contribution is -2.41. The lowest BCUT2D eigenvalue weighted by atomic mass is 10.2. The largest absolute Gasteiger partial charge is 0.352 e. The Hall–Kier alpha value is -2.47. The van der Waals surface area contributed by atoms with E-state index in [1.807, 2.05) is 30.3 Å². The minimum Gasteiger partial charge on any atom is -0.352 e. The van der Waals surface area contributed by atoms with E-state index >= 15 is 0 Å². The molecule has 5 nitrogen and oxygen atoms in total. The van der Waals surface area contributed by atoms with Crippen molar-refractivity contribution in [2.45, 2.75) is 19.0 Å².